The molecule has 0 saturated carbocycles. The summed E-state index contributed by atoms with van der Waals surface area (Å²) in [5.74, 6) is 2.01. The number of carbonyl (C=O) groups excluding carboxylic acids is 2. The number of aromatic nitrogens is 3. The summed E-state index contributed by atoms with van der Waals surface area (Å²) in [6.45, 7) is 6.76. The molecule has 1 aliphatic rings. The lowest BCUT2D eigenvalue weighted by atomic mass is 10.2. The molecule has 0 bridgehead atoms. The van der Waals surface area contributed by atoms with Crippen LogP contribution in [-0.2, 0) is 22.6 Å². The number of hydrogen-bond acceptors (Lipinski definition) is 6. The number of carbonyl (C=O) groups is 2. The third kappa shape index (κ3) is 6.22. The molecule has 0 aliphatic carbocycles. The lowest BCUT2D eigenvalue weighted by Crippen LogP contribution is -2.38. The van der Waals surface area contributed by atoms with E-state index in [1.807, 2.05) is 30.5 Å². The zero-order chi connectivity index (χ0) is 22.2. The molecule has 31 heavy (non-hydrogen) atoms. The maximum atomic E-state index is 12.6. The van der Waals surface area contributed by atoms with Gasteiger partial charge >= 0.3 is 0 Å². The number of ether oxygens (including phenoxy) is 1. The van der Waals surface area contributed by atoms with Crippen LogP contribution >= 0.6 is 11.8 Å². The van der Waals surface area contributed by atoms with Crippen LogP contribution in [0.2, 0.25) is 0 Å². The minimum Gasteiger partial charge on any atom is -0.490 e. The van der Waals surface area contributed by atoms with Crippen molar-refractivity contribution in [1.29, 1.82) is 0 Å². The number of amides is 2. The lowest BCUT2D eigenvalue weighted by Gasteiger charge is -2.29. The monoisotopic (exact) mass is 445 g/mol. The van der Waals surface area contributed by atoms with Crippen LogP contribution < -0.4 is 15.0 Å². The van der Waals surface area contributed by atoms with E-state index in [9.17, 15) is 9.59 Å². The average molecular weight is 446 g/mol. The zero-order valence-electron chi connectivity index (χ0n) is 18.5. The maximum absolute atomic E-state index is 12.6. The van der Waals surface area contributed by atoms with Crippen molar-refractivity contribution in [3.05, 3.63) is 30.1 Å². The number of para-hydroxylation sites is 2. The van der Waals surface area contributed by atoms with Crippen LogP contribution in [0.3, 0.4) is 0 Å². The molecule has 1 aliphatic heterocycles. The van der Waals surface area contributed by atoms with Gasteiger partial charge in [0.2, 0.25) is 11.8 Å². The van der Waals surface area contributed by atoms with Gasteiger partial charge in [0.1, 0.15) is 18.2 Å². The van der Waals surface area contributed by atoms with Crippen molar-refractivity contribution in [1.82, 2.24) is 20.1 Å². The van der Waals surface area contributed by atoms with Gasteiger partial charge in [0.25, 0.3) is 0 Å². The summed E-state index contributed by atoms with van der Waals surface area (Å²) in [5.41, 5.74) is 0.772. The molecule has 0 unspecified atom stereocenters. The summed E-state index contributed by atoms with van der Waals surface area (Å²) in [7, 11) is 0. The Balaban J connectivity index is 1.41. The van der Waals surface area contributed by atoms with Crippen LogP contribution in [-0.4, -0.2) is 52.5 Å². The second-order valence-electron chi connectivity index (χ2n) is 7.92. The SMILES string of the molecule is CSc1nnc(CCCNC(=O)CCC(=O)N2CCOc3ccccc32)n1CC(C)C. The summed E-state index contributed by atoms with van der Waals surface area (Å²) in [6, 6.07) is 7.48. The van der Waals surface area contributed by atoms with Crippen LogP contribution in [0.5, 0.6) is 5.75 Å². The fraction of sp³-hybridized carbons (Fsp3) is 0.545. The molecule has 1 N–H and O–H groups in total. The summed E-state index contributed by atoms with van der Waals surface area (Å²) in [6.07, 6.45) is 3.89. The number of hydrogen-bond donors (Lipinski definition) is 1. The van der Waals surface area contributed by atoms with Gasteiger partial charge < -0.3 is 19.5 Å². The first-order chi connectivity index (χ1) is 15.0. The van der Waals surface area contributed by atoms with E-state index in [1.54, 1.807) is 16.7 Å². The molecular weight excluding hydrogens is 414 g/mol. The van der Waals surface area contributed by atoms with Gasteiger partial charge in [0, 0.05) is 32.4 Å². The molecule has 0 saturated heterocycles. The number of nitrogens with one attached hydrogen (secondary N) is 1. The Morgan fingerprint density at radius 2 is 2.03 bits per heavy atom. The molecule has 9 heteroatoms. The van der Waals surface area contributed by atoms with Gasteiger partial charge in [-0.25, -0.2) is 0 Å². The van der Waals surface area contributed by atoms with Crippen molar-refractivity contribution in [2.75, 3.05) is 30.9 Å². The van der Waals surface area contributed by atoms with Gasteiger partial charge in [0.05, 0.1) is 12.2 Å². The number of fused-ring (bicyclic) bond motifs is 1. The normalized spacial score (nSPS) is 13.1. The van der Waals surface area contributed by atoms with Gasteiger partial charge in [-0.15, -0.1) is 10.2 Å². The number of rotatable bonds is 10. The Morgan fingerprint density at radius 1 is 1.23 bits per heavy atom. The van der Waals surface area contributed by atoms with Crippen molar-refractivity contribution < 1.29 is 14.3 Å². The fourth-order valence-electron chi connectivity index (χ4n) is 3.55. The van der Waals surface area contributed by atoms with E-state index in [0.29, 0.717) is 31.4 Å². The highest BCUT2D eigenvalue weighted by molar-refractivity contribution is 7.98. The van der Waals surface area contributed by atoms with Gasteiger partial charge in [-0.1, -0.05) is 37.7 Å². The standard InChI is InChI=1S/C22H31N5O3S/c1-16(2)15-27-19(24-25-22(27)31-3)9-6-12-23-20(28)10-11-21(29)26-13-14-30-18-8-5-4-7-17(18)26/h4-5,7-8,16H,6,9-15H2,1-3H3,(H,23,28). The average Bonchev–Trinajstić information content (AvgIpc) is 3.15. The van der Waals surface area contributed by atoms with Gasteiger partial charge in [-0.3, -0.25) is 9.59 Å². The molecule has 0 atom stereocenters. The second kappa shape index (κ2) is 11.2. The van der Waals surface area contributed by atoms with Crippen molar-refractivity contribution in [3.8, 4) is 5.75 Å². The van der Waals surface area contributed by atoms with Gasteiger partial charge in [-0.2, -0.15) is 0 Å². The minimum absolute atomic E-state index is 0.0581. The molecule has 168 valence electrons. The maximum Gasteiger partial charge on any atom is 0.227 e. The molecular formula is C22H31N5O3S. The Kier molecular flexibility index (Phi) is 8.34. The molecule has 8 nitrogen and oxygen atoms in total. The molecule has 1 aromatic carbocycles. The Morgan fingerprint density at radius 3 is 2.81 bits per heavy atom. The molecule has 0 fully saturated rings. The third-order valence-electron chi connectivity index (χ3n) is 5.02. The van der Waals surface area contributed by atoms with E-state index in [4.69, 9.17) is 4.74 Å². The van der Waals surface area contributed by atoms with Crippen molar-refractivity contribution >= 4 is 29.3 Å². The molecule has 2 heterocycles. The quantitative estimate of drug-likeness (QED) is 0.447. The van der Waals surface area contributed by atoms with Gasteiger partial charge in [-0.05, 0) is 30.7 Å². The smallest absolute Gasteiger partial charge is 0.227 e. The van der Waals surface area contributed by atoms with Crippen LogP contribution in [0.4, 0.5) is 5.69 Å². The van der Waals surface area contributed by atoms with Crippen LogP contribution in [0.15, 0.2) is 29.4 Å². The first-order valence-corrected chi connectivity index (χ1v) is 12.0. The van der Waals surface area contributed by atoms with E-state index >= 15 is 0 Å². The molecule has 1 aromatic heterocycles. The van der Waals surface area contributed by atoms with Crippen molar-refractivity contribution in [2.24, 2.45) is 5.92 Å². The predicted octanol–water partition coefficient (Wildman–Crippen LogP) is 2.91. The summed E-state index contributed by atoms with van der Waals surface area (Å²) in [5, 5.41) is 12.4. The van der Waals surface area contributed by atoms with Crippen LogP contribution in [0.1, 0.15) is 38.9 Å². The molecule has 2 aromatic rings. The van der Waals surface area contributed by atoms with E-state index in [-0.39, 0.29) is 24.7 Å². The van der Waals surface area contributed by atoms with Crippen molar-refractivity contribution in [3.63, 3.8) is 0 Å². The molecule has 3 rings (SSSR count). The van der Waals surface area contributed by atoms with E-state index in [2.05, 4.69) is 33.9 Å². The molecule has 0 spiro atoms. The highest BCUT2D eigenvalue weighted by Crippen LogP contribution is 2.31. The summed E-state index contributed by atoms with van der Waals surface area (Å²) < 4.78 is 7.75. The predicted molar refractivity (Wildman–Crippen MR) is 121 cm³/mol. The zero-order valence-corrected chi connectivity index (χ0v) is 19.3. The largest absolute Gasteiger partial charge is 0.490 e. The topological polar surface area (TPSA) is 89.3 Å². The Bertz CT molecular complexity index is 899. The third-order valence-corrected chi connectivity index (χ3v) is 5.69. The summed E-state index contributed by atoms with van der Waals surface area (Å²) >= 11 is 1.59. The molecule has 0 radical (unpaired) electrons. The number of anilines is 1. The summed E-state index contributed by atoms with van der Waals surface area (Å²) in [4.78, 5) is 26.5. The number of aryl methyl sites for hydroxylation is 1. The minimum atomic E-state index is -0.108. The number of thioether (sulfide) groups is 1. The first-order valence-electron chi connectivity index (χ1n) is 10.7. The molecule has 2 amide bonds. The van der Waals surface area contributed by atoms with E-state index in [1.165, 1.54) is 0 Å². The Hall–Kier alpha value is -2.55. The Labute approximate surface area is 187 Å². The second-order valence-corrected chi connectivity index (χ2v) is 8.70. The first kappa shape index (κ1) is 23.1. The number of nitrogens with zero attached hydrogens (tertiary/aromatic N) is 4. The van der Waals surface area contributed by atoms with Crippen LogP contribution in [0, 0.1) is 5.92 Å². The number of benzene rings is 1. The van der Waals surface area contributed by atoms with Crippen LogP contribution in [0.25, 0.3) is 0 Å². The highest BCUT2D eigenvalue weighted by Gasteiger charge is 2.23. The lowest BCUT2D eigenvalue weighted by molar-refractivity contribution is -0.125. The van der Waals surface area contributed by atoms with E-state index in [0.717, 1.165) is 36.1 Å². The highest BCUT2D eigenvalue weighted by atomic mass is 32.2. The van der Waals surface area contributed by atoms with Crippen molar-refractivity contribution in [2.45, 2.75) is 51.2 Å². The van der Waals surface area contributed by atoms with E-state index < -0.39 is 0 Å². The van der Waals surface area contributed by atoms with Gasteiger partial charge in [0.15, 0.2) is 5.16 Å². The fourth-order valence-corrected chi connectivity index (χ4v) is 4.07.